The lowest BCUT2D eigenvalue weighted by Crippen LogP contribution is -2.30. The number of hydrogen-bond acceptors (Lipinski definition) is 4. The number of carbonyl (C=O) groups excluding carboxylic acids is 1. The summed E-state index contributed by atoms with van der Waals surface area (Å²) < 4.78 is 0. The van der Waals surface area contributed by atoms with E-state index in [2.05, 4.69) is 20.5 Å². The molecule has 0 saturated heterocycles. The summed E-state index contributed by atoms with van der Waals surface area (Å²) >= 11 is 0. The zero-order chi connectivity index (χ0) is 16.1. The average Bonchev–Trinajstić information content (AvgIpc) is 2.59. The number of pyridine rings is 1. The molecule has 1 aliphatic rings. The van der Waals surface area contributed by atoms with Gasteiger partial charge in [-0.15, -0.1) is 0 Å². The van der Waals surface area contributed by atoms with Crippen molar-refractivity contribution in [1.82, 2.24) is 20.5 Å². The monoisotopic (exact) mass is 312 g/mol. The molecule has 3 rings (SSSR count). The van der Waals surface area contributed by atoms with Crippen molar-refractivity contribution in [2.75, 3.05) is 6.54 Å². The molecule has 0 unspecified atom stereocenters. The van der Waals surface area contributed by atoms with Gasteiger partial charge in [0.1, 0.15) is 0 Å². The van der Waals surface area contributed by atoms with Gasteiger partial charge in [0.15, 0.2) is 0 Å². The summed E-state index contributed by atoms with van der Waals surface area (Å²) in [6, 6.07) is 3.87. The van der Waals surface area contributed by atoms with Crippen molar-refractivity contribution in [3.63, 3.8) is 0 Å². The van der Waals surface area contributed by atoms with E-state index in [0.29, 0.717) is 12.2 Å². The number of rotatable bonds is 5. The standard InChI is InChI=1S/C17H20N4O2/c22-16(19-9-7-12-4-3-8-18-11-12)10-15-13-5-1-2-6-14(13)17(23)21-20-15/h3-4,8,11H,1-2,5-7,9-10H2,(H,19,22)(H,21,23). The van der Waals surface area contributed by atoms with Crippen LogP contribution < -0.4 is 10.9 Å². The SMILES string of the molecule is O=C(Cc1n[nH]c(=O)c2c1CCCC2)NCCc1cccnc1. The summed E-state index contributed by atoms with van der Waals surface area (Å²) in [5, 5.41) is 9.51. The first kappa shape index (κ1) is 15.4. The van der Waals surface area contributed by atoms with E-state index in [9.17, 15) is 9.59 Å². The van der Waals surface area contributed by atoms with Crippen LogP contribution in [0.1, 0.15) is 35.2 Å². The van der Waals surface area contributed by atoms with Crippen LogP contribution in [-0.2, 0) is 30.5 Å². The molecule has 2 aromatic rings. The third-order valence-corrected chi connectivity index (χ3v) is 4.17. The number of nitrogens with zero attached hydrogens (tertiary/aromatic N) is 2. The molecule has 6 nitrogen and oxygen atoms in total. The molecule has 0 radical (unpaired) electrons. The number of aromatic nitrogens is 3. The van der Waals surface area contributed by atoms with Crippen molar-refractivity contribution < 1.29 is 4.79 Å². The molecule has 2 heterocycles. The van der Waals surface area contributed by atoms with Crippen LogP contribution in [-0.4, -0.2) is 27.6 Å². The molecule has 2 N–H and O–H groups in total. The van der Waals surface area contributed by atoms with Gasteiger partial charge in [-0.2, -0.15) is 5.10 Å². The molecular formula is C17H20N4O2. The lowest BCUT2D eigenvalue weighted by atomic mass is 9.91. The fourth-order valence-corrected chi connectivity index (χ4v) is 2.98. The van der Waals surface area contributed by atoms with Crippen LogP contribution in [0.25, 0.3) is 0 Å². The van der Waals surface area contributed by atoms with Gasteiger partial charge < -0.3 is 5.32 Å². The summed E-state index contributed by atoms with van der Waals surface area (Å²) in [6.45, 7) is 0.566. The minimum atomic E-state index is -0.111. The molecule has 0 bridgehead atoms. The second-order valence-electron chi connectivity index (χ2n) is 5.80. The Kier molecular flexibility index (Phi) is 4.80. The maximum atomic E-state index is 12.1. The molecule has 0 saturated carbocycles. The molecular weight excluding hydrogens is 292 g/mol. The minimum Gasteiger partial charge on any atom is -0.355 e. The van der Waals surface area contributed by atoms with Crippen LogP contribution in [0.5, 0.6) is 0 Å². The quantitative estimate of drug-likeness (QED) is 0.860. The van der Waals surface area contributed by atoms with Gasteiger partial charge in [0, 0.05) is 24.5 Å². The van der Waals surface area contributed by atoms with Gasteiger partial charge in [0.25, 0.3) is 5.56 Å². The highest BCUT2D eigenvalue weighted by Crippen LogP contribution is 2.20. The molecule has 2 aromatic heterocycles. The third kappa shape index (κ3) is 3.83. The van der Waals surface area contributed by atoms with Crippen molar-refractivity contribution in [1.29, 1.82) is 0 Å². The van der Waals surface area contributed by atoms with Gasteiger partial charge in [0.05, 0.1) is 12.1 Å². The molecule has 0 spiro atoms. The van der Waals surface area contributed by atoms with Crippen molar-refractivity contribution in [2.45, 2.75) is 38.5 Å². The van der Waals surface area contributed by atoms with Gasteiger partial charge in [-0.25, -0.2) is 5.10 Å². The van der Waals surface area contributed by atoms with Crippen LogP contribution in [0.2, 0.25) is 0 Å². The Labute approximate surface area is 134 Å². The van der Waals surface area contributed by atoms with E-state index < -0.39 is 0 Å². The Morgan fingerprint density at radius 3 is 2.87 bits per heavy atom. The van der Waals surface area contributed by atoms with Crippen LogP contribution >= 0.6 is 0 Å². The van der Waals surface area contributed by atoms with E-state index in [0.717, 1.165) is 48.8 Å². The summed E-state index contributed by atoms with van der Waals surface area (Å²) in [6.07, 6.45) is 8.18. The van der Waals surface area contributed by atoms with E-state index in [1.54, 1.807) is 12.4 Å². The summed E-state index contributed by atoms with van der Waals surface area (Å²) in [5.41, 5.74) is 3.47. The Morgan fingerprint density at radius 2 is 2.09 bits per heavy atom. The minimum absolute atomic E-state index is 0.0683. The zero-order valence-corrected chi connectivity index (χ0v) is 13.0. The van der Waals surface area contributed by atoms with E-state index in [1.807, 2.05) is 12.1 Å². The van der Waals surface area contributed by atoms with E-state index in [4.69, 9.17) is 0 Å². The van der Waals surface area contributed by atoms with Crippen molar-refractivity contribution in [3.8, 4) is 0 Å². The molecule has 1 aliphatic carbocycles. The largest absolute Gasteiger partial charge is 0.355 e. The maximum Gasteiger partial charge on any atom is 0.267 e. The Bertz CT molecular complexity index is 740. The van der Waals surface area contributed by atoms with Gasteiger partial charge in [0.2, 0.25) is 5.91 Å². The second-order valence-corrected chi connectivity index (χ2v) is 5.80. The fraction of sp³-hybridized carbons (Fsp3) is 0.412. The normalized spacial score (nSPS) is 13.4. The molecule has 0 fully saturated rings. The second kappa shape index (κ2) is 7.17. The number of hydrogen-bond donors (Lipinski definition) is 2. The van der Waals surface area contributed by atoms with E-state index >= 15 is 0 Å². The molecule has 0 atom stereocenters. The Balaban J connectivity index is 1.59. The number of carbonyl (C=O) groups is 1. The predicted molar refractivity (Wildman–Crippen MR) is 86.2 cm³/mol. The van der Waals surface area contributed by atoms with Crippen molar-refractivity contribution in [3.05, 3.63) is 57.3 Å². The number of amides is 1. The zero-order valence-electron chi connectivity index (χ0n) is 13.0. The van der Waals surface area contributed by atoms with E-state index in [-0.39, 0.29) is 17.9 Å². The van der Waals surface area contributed by atoms with Crippen molar-refractivity contribution >= 4 is 5.91 Å². The van der Waals surface area contributed by atoms with Crippen LogP contribution in [0, 0.1) is 0 Å². The van der Waals surface area contributed by atoms with Crippen LogP contribution in [0.15, 0.2) is 29.3 Å². The Morgan fingerprint density at radius 1 is 1.26 bits per heavy atom. The fourth-order valence-electron chi connectivity index (χ4n) is 2.98. The highest BCUT2D eigenvalue weighted by molar-refractivity contribution is 5.78. The van der Waals surface area contributed by atoms with Crippen LogP contribution in [0.3, 0.4) is 0 Å². The molecule has 0 aromatic carbocycles. The van der Waals surface area contributed by atoms with Gasteiger partial charge in [-0.1, -0.05) is 6.07 Å². The third-order valence-electron chi connectivity index (χ3n) is 4.17. The highest BCUT2D eigenvalue weighted by atomic mass is 16.1. The van der Waals surface area contributed by atoms with Gasteiger partial charge in [-0.3, -0.25) is 14.6 Å². The first-order valence-corrected chi connectivity index (χ1v) is 7.99. The molecule has 1 amide bonds. The van der Waals surface area contributed by atoms with E-state index in [1.165, 1.54) is 0 Å². The smallest absolute Gasteiger partial charge is 0.267 e. The first-order chi connectivity index (χ1) is 11.2. The number of fused-ring (bicyclic) bond motifs is 1. The van der Waals surface area contributed by atoms with Crippen LogP contribution in [0.4, 0.5) is 0 Å². The molecule has 120 valence electrons. The predicted octanol–water partition coefficient (Wildman–Crippen LogP) is 0.945. The molecule has 0 aliphatic heterocycles. The highest BCUT2D eigenvalue weighted by Gasteiger charge is 2.19. The topological polar surface area (TPSA) is 87.7 Å². The summed E-state index contributed by atoms with van der Waals surface area (Å²) in [7, 11) is 0. The maximum absolute atomic E-state index is 12.1. The summed E-state index contributed by atoms with van der Waals surface area (Å²) in [5.74, 6) is -0.0683. The Hall–Kier alpha value is -2.50. The average molecular weight is 312 g/mol. The molecule has 23 heavy (non-hydrogen) atoms. The molecule has 6 heteroatoms. The van der Waals surface area contributed by atoms with Crippen molar-refractivity contribution in [2.24, 2.45) is 0 Å². The summed E-state index contributed by atoms with van der Waals surface area (Å²) in [4.78, 5) is 28.0. The van der Waals surface area contributed by atoms with Gasteiger partial charge >= 0.3 is 0 Å². The number of aromatic amines is 1. The first-order valence-electron chi connectivity index (χ1n) is 7.99. The number of H-pyrrole nitrogens is 1. The lowest BCUT2D eigenvalue weighted by Gasteiger charge is -2.17. The lowest BCUT2D eigenvalue weighted by molar-refractivity contribution is -0.120. The van der Waals surface area contributed by atoms with Gasteiger partial charge in [-0.05, 0) is 49.3 Å². The number of nitrogens with one attached hydrogen (secondary N) is 2.